The molecule has 0 aromatic heterocycles. The minimum atomic E-state index is -0.102. The number of nitrogens with zero attached hydrogens (tertiary/aromatic N) is 1. The first-order valence-corrected chi connectivity index (χ1v) is 9.95. The van der Waals surface area contributed by atoms with Crippen molar-refractivity contribution in [1.82, 2.24) is 10.2 Å². The lowest BCUT2D eigenvalue weighted by Crippen LogP contribution is -2.45. The molecule has 0 unspecified atom stereocenters. The van der Waals surface area contributed by atoms with Crippen LogP contribution in [0.1, 0.15) is 42.1 Å². The van der Waals surface area contributed by atoms with Crippen LogP contribution in [0.5, 0.6) is 5.75 Å². The van der Waals surface area contributed by atoms with Crippen LogP contribution >= 0.6 is 0 Å². The van der Waals surface area contributed by atoms with Gasteiger partial charge < -0.3 is 10.1 Å². The van der Waals surface area contributed by atoms with E-state index in [0.29, 0.717) is 17.7 Å². The Balaban J connectivity index is 1.37. The van der Waals surface area contributed by atoms with E-state index in [1.165, 1.54) is 5.56 Å². The molecule has 2 aromatic rings. The summed E-state index contributed by atoms with van der Waals surface area (Å²) < 4.78 is 5.54. The highest BCUT2D eigenvalue weighted by Crippen LogP contribution is 2.15. The smallest absolute Gasteiger partial charge is 0.258 e. The molecular weight excluding hydrogens is 352 g/mol. The molecule has 0 bridgehead atoms. The average Bonchev–Trinajstić information content (AvgIpc) is 2.74. The second-order valence-corrected chi connectivity index (χ2v) is 7.19. The number of hydrogen-bond donors (Lipinski definition) is 1. The molecule has 0 radical (unpaired) electrons. The predicted molar refractivity (Wildman–Crippen MR) is 109 cm³/mol. The summed E-state index contributed by atoms with van der Waals surface area (Å²) in [5.41, 5.74) is 1.99. The van der Waals surface area contributed by atoms with Gasteiger partial charge in [-0.1, -0.05) is 37.3 Å². The van der Waals surface area contributed by atoms with Gasteiger partial charge in [-0.3, -0.25) is 14.5 Å². The Hall–Kier alpha value is -2.66. The maximum atomic E-state index is 12.2. The standard InChI is InChI=1S/C23H28N2O3/c1-2-22(26)19-8-10-21(11-9-19)28-17-23(27)24-20-12-14-25(15-13-20)16-18-6-4-3-5-7-18/h3-11,20H,2,12-17H2,1H3,(H,24,27). The summed E-state index contributed by atoms with van der Waals surface area (Å²) in [5, 5.41) is 3.07. The first-order valence-electron chi connectivity index (χ1n) is 9.95. The Kier molecular flexibility index (Phi) is 7.20. The number of amides is 1. The first kappa shape index (κ1) is 20.1. The van der Waals surface area contributed by atoms with Gasteiger partial charge in [-0.2, -0.15) is 0 Å². The van der Waals surface area contributed by atoms with E-state index in [-0.39, 0.29) is 24.3 Å². The molecule has 1 amide bonds. The number of likely N-dealkylation sites (tertiary alicyclic amines) is 1. The number of carbonyl (C=O) groups excluding carboxylic acids is 2. The van der Waals surface area contributed by atoms with E-state index in [1.54, 1.807) is 24.3 Å². The van der Waals surface area contributed by atoms with E-state index in [9.17, 15) is 9.59 Å². The van der Waals surface area contributed by atoms with Crippen molar-refractivity contribution in [2.75, 3.05) is 19.7 Å². The van der Waals surface area contributed by atoms with Crippen molar-refractivity contribution in [2.45, 2.75) is 38.8 Å². The minimum Gasteiger partial charge on any atom is -0.484 e. The van der Waals surface area contributed by atoms with Crippen LogP contribution in [0.4, 0.5) is 0 Å². The molecule has 0 aliphatic carbocycles. The molecule has 28 heavy (non-hydrogen) atoms. The van der Waals surface area contributed by atoms with Gasteiger partial charge >= 0.3 is 0 Å². The largest absolute Gasteiger partial charge is 0.484 e. The number of piperidine rings is 1. The molecule has 2 aromatic carbocycles. The van der Waals surface area contributed by atoms with Crippen molar-refractivity contribution >= 4 is 11.7 Å². The normalized spacial score (nSPS) is 15.2. The zero-order chi connectivity index (χ0) is 19.8. The molecule has 0 atom stereocenters. The van der Waals surface area contributed by atoms with Crippen molar-refractivity contribution in [1.29, 1.82) is 0 Å². The second kappa shape index (κ2) is 10.0. The second-order valence-electron chi connectivity index (χ2n) is 7.19. The van der Waals surface area contributed by atoms with E-state index >= 15 is 0 Å². The van der Waals surface area contributed by atoms with Gasteiger partial charge in [-0.15, -0.1) is 0 Å². The van der Waals surface area contributed by atoms with Crippen LogP contribution in [0, 0.1) is 0 Å². The molecule has 1 aliphatic heterocycles. The average molecular weight is 380 g/mol. The molecule has 1 saturated heterocycles. The third-order valence-electron chi connectivity index (χ3n) is 5.07. The van der Waals surface area contributed by atoms with Gasteiger partial charge in [-0.05, 0) is 42.7 Å². The van der Waals surface area contributed by atoms with E-state index in [1.807, 2.05) is 13.0 Å². The summed E-state index contributed by atoms with van der Waals surface area (Å²) in [6, 6.07) is 17.6. The van der Waals surface area contributed by atoms with E-state index in [4.69, 9.17) is 4.74 Å². The zero-order valence-electron chi connectivity index (χ0n) is 16.4. The zero-order valence-corrected chi connectivity index (χ0v) is 16.4. The van der Waals surface area contributed by atoms with Crippen LogP contribution in [0.15, 0.2) is 54.6 Å². The summed E-state index contributed by atoms with van der Waals surface area (Å²) >= 11 is 0. The molecular formula is C23H28N2O3. The fourth-order valence-electron chi connectivity index (χ4n) is 3.44. The van der Waals surface area contributed by atoms with Gasteiger partial charge in [0.2, 0.25) is 0 Å². The summed E-state index contributed by atoms with van der Waals surface area (Å²) in [4.78, 5) is 26.2. The Morgan fingerprint density at radius 2 is 1.71 bits per heavy atom. The molecule has 1 fully saturated rings. The molecule has 1 aliphatic rings. The summed E-state index contributed by atoms with van der Waals surface area (Å²) in [5.74, 6) is 0.596. The highest BCUT2D eigenvalue weighted by molar-refractivity contribution is 5.95. The number of hydrogen-bond acceptors (Lipinski definition) is 4. The molecule has 3 rings (SSSR count). The van der Waals surface area contributed by atoms with Crippen LogP contribution in [0.25, 0.3) is 0 Å². The van der Waals surface area contributed by atoms with Crippen LogP contribution in [-0.2, 0) is 11.3 Å². The molecule has 0 spiro atoms. The molecule has 5 nitrogen and oxygen atoms in total. The Morgan fingerprint density at radius 1 is 1.04 bits per heavy atom. The van der Waals surface area contributed by atoms with Gasteiger partial charge in [0.15, 0.2) is 12.4 Å². The van der Waals surface area contributed by atoms with E-state index in [2.05, 4.69) is 34.5 Å². The van der Waals surface area contributed by atoms with Crippen LogP contribution < -0.4 is 10.1 Å². The van der Waals surface area contributed by atoms with Gasteiger partial charge in [0.1, 0.15) is 5.75 Å². The van der Waals surface area contributed by atoms with Crippen molar-refractivity contribution < 1.29 is 14.3 Å². The Morgan fingerprint density at radius 3 is 2.36 bits per heavy atom. The molecule has 0 saturated carbocycles. The molecule has 1 heterocycles. The summed E-state index contributed by atoms with van der Waals surface area (Å²) in [6.07, 6.45) is 2.38. The predicted octanol–water partition coefficient (Wildman–Crippen LogP) is 3.44. The minimum absolute atomic E-state index is 0.00863. The first-order chi connectivity index (χ1) is 13.6. The number of ketones is 1. The fraction of sp³-hybridized carbons (Fsp3) is 0.391. The van der Waals surface area contributed by atoms with Gasteiger partial charge in [-0.25, -0.2) is 0 Å². The summed E-state index contributed by atoms with van der Waals surface area (Å²) in [6.45, 7) is 4.75. The highest BCUT2D eigenvalue weighted by Gasteiger charge is 2.20. The van der Waals surface area contributed by atoms with Gasteiger partial charge in [0.25, 0.3) is 5.91 Å². The van der Waals surface area contributed by atoms with Crippen molar-refractivity contribution in [3.8, 4) is 5.75 Å². The number of rotatable bonds is 8. The van der Waals surface area contributed by atoms with Gasteiger partial charge in [0.05, 0.1) is 0 Å². The third-order valence-corrected chi connectivity index (χ3v) is 5.07. The fourth-order valence-corrected chi connectivity index (χ4v) is 3.44. The maximum Gasteiger partial charge on any atom is 0.258 e. The SMILES string of the molecule is CCC(=O)c1ccc(OCC(=O)NC2CCN(Cc3ccccc3)CC2)cc1. The van der Waals surface area contributed by atoms with Crippen molar-refractivity contribution in [3.05, 3.63) is 65.7 Å². The van der Waals surface area contributed by atoms with E-state index < -0.39 is 0 Å². The number of Topliss-reactive ketones (excluding diaryl/α,β-unsaturated/α-hetero) is 1. The lowest BCUT2D eigenvalue weighted by Gasteiger charge is -2.32. The van der Waals surface area contributed by atoms with Gasteiger partial charge in [0, 0.05) is 37.7 Å². The Labute approximate surface area is 166 Å². The van der Waals surface area contributed by atoms with Crippen molar-refractivity contribution in [2.24, 2.45) is 0 Å². The van der Waals surface area contributed by atoms with Crippen LogP contribution in [0.2, 0.25) is 0 Å². The van der Waals surface area contributed by atoms with Crippen molar-refractivity contribution in [3.63, 3.8) is 0 Å². The Bertz CT molecular complexity index is 766. The maximum absolute atomic E-state index is 12.2. The summed E-state index contributed by atoms with van der Waals surface area (Å²) in [7, 11) is 0. The molecule has 5 heteroatoms. The number of benzene rings is 2. The van der Waals surface area contributed by atoms with Crippen LogP contribution in [0.3, 0.4) is 0 Å². The topological polar surface area (TPSA) is 58.6 Å². The highest BCUT2D eigenvalue weighted by atomic mass is 16.5. The third kappa shape index (κ3) is 5.92. The lowest BCUT2D eigenvalue weighted by molar-refractivity contribution is -0.124. The monoisotopic (exact) mass is 380 g/mol. The number of ether oxygens (including phenoxy) is 1. The molecule has 148 valence electrons. The number of nitrogens with one attached hydrogen (secondary N) is 1. The number of carbonyl (C=O) groups is 2. The van der Waals surface area contributed by atoms with E-state index in [0.717, 1.165) is 32.5 Å². The van der Waals surface area contributed by atoms with Crippen LogP contribution in [-0.4, -0.2) is 42.3 Å². The molecule has 1 N–H and O–H groups in total. The lowest BCUT2D eigenvalue weighted by atomic mass is 10.0. The quantitative estimate of drug-likeness (QED) is 0.713.